The summed E-state index contributed by atoms with van der Waals surface area (Å²) in [4.78, 5) is 2.35. The molecule has 114 valence electrons. The molecule has 4 heteroatoms. The van der Waals surface area contributed by atoms with Gasteiger partial charge in [-0.1, -0.05) is 36.8 Å². The average Bonchev–Trinajstić information content (AvgIpc) is 2.86. The predicted molar refractivity (Wildman–Crippen MR) is 95.7 cm³/mol. The number of hydrogen-bond acceptors (Lipinski definition) is 3. The molecule has 2 N–H and O–H groups in total. The van der Waals surface area contributed by atoms with Crippen LogP contribution in [0.5, 0.6) is 0 Å². The van der Waals surface area contributed by atoms with Gasteiger partial charge < -0.3 is 5.73 Å². The molecule has 0 saturated heterocycles. The second kappa shape index (κ2) is 7.54. The van der Waals surface area contributed by atoms with Crippen LogP contribution in [0.3, 0.4) is 0 Å². The average molecular weight is 367 g/mol. The van der Waals surface area contributed by atoms with Crippen molar-refractivity contribution in [2.75, 3.05) is 7.05 Å². The molecule has 1 aromatic carbocycles. The van der Waals surface area contributed by atoms with Crippen molar-refractivity contribution < 1.29 is 0 Å². The molecule has 0 aliphatic rings. The zero-order valence-electron chi connectivity index (χ0n) is 12.8. The molecule has 0 bridgehead atoms. The van der Waals surface area contributed by atoms with Gasteiger partial charge in [-0.15, -0.1) is 11.3 Å². The molecule has 0 spiro atoms. The number of nitrogens with two attached hydrogens (primary N) is 1. The summed E-state index contributed by atoms with van der Waals surface area (Å²) in [5.41, 5.74) is 10.3. The first-order chi connectivity index (χ1) is 10.0. The molecule has 2 atom stereocenters. The maximum absolute atomic E-state index is 6.40. The third-order valence-corrected chi connectivity index (χ3v) is 5.38. The Kier molecular flexibility index (Phi) is 5.99. The van der Waals surface area contributed by atoms with Gasteiger partial charge in [0, 0.05) is 18.6 Å². The maximum atomic E-state index is 6.40. The van der Waals surface area contributed by atoms with Crippen molar-refractivity contribution in [3.8, 4) is 0 Å². The van der Waals surface area contributed by atoms with E-state index in [2.05, 4.69) is 77.4 Å². The van der Waals surface area contributed by atoms with Crippen LogP contribution in [-0.2, 0) is 6.54 Å². The molecule has 2 nitrogen and oxygen atoms in total. The molecule has 0 radical (unpaired) electrons. The predicted octanol–water partition coefficient (Wildman–Crippen LogP) is 4.73. The number of benzene rings is 1. The molecule has 21 heavy (non-hydrogen) atoms. The smallest absolute Gasteiger partial charge is 0.0701 e. The largest absolute Gasteiger partial charge is 0.326 e. The van der Waals surface area contributed by atoms with E-state index in [-0.39, 0.29) is 12.1 Å². The van der Waals surface area contributed by atoms with Gasteiger partial charge in [-0.25, -0.2) is 0 Å². The van der Waals surface area contributed by atoms with Crippen LogP contribution < -0.4 is 5.73 Å². The van der Waals surface area contributed by atoms with E-state index in [0.717, 1.165) is 13.0 Å². The van der Waals surface area contributed by atoms with E-state index in [4.69, 9.17) is 5.73 Å². The van der Waals surface area contributed by atoms with Crippen LogP contribution in [0, 0.1) is 6.92 Å². The van der Waals surface area contributed by atoms with Crippen LogP contribution in [0.2, 0.25) is 0 Å². The van der Waals surface area contributed by atoms with Crippen molar-refractivity contribution in [3.63, 3.8) is 0 Å². The van der Waals surface area contributed by atoms with Crippen LogP contribution in [0.1, 0.15) is 36.1 Å². The van der Waals surface area contributed by atoms with Crippen LogP contribution in [0.4, 0.5) is 0 Å². The molecule has 0 aliphatic carbocycles. The highest BCUT2D eigenvalue weighted by Crippen LogP contribution is 2.28. The number of hydrogen-bond donors (Lipinski definition) is 1. The molecule has 0 amide bonds. The van der Waals surface area contributed by atoms with Gasteiger partial charge in [0.15, 0.2) is 0 Å². The summed E-state index contributed by atoms with van der Waals surface area (Å²) >= 11 is 5.26. The number of thiophene rings is 1. The van der Waals surface area contributed by atoms with Gasteiger partial charge >= 0.3 is 0 Å². The second-order valence-corrected chi connectivity index (χ2v) is 7.89. The molecular formula is C17H23BrN2S. The van der Waals surface area contributed by atoms with Gasteiger partial charge in [0.25, 0.3) is 0 Å². The normalized spacial score (nSPS) is 14.4. The van der Waals surface area contributed by atoms with E-state index in [1.165, 1.54) is 20.5 Å². The summed E-state index contributed by atoms with van der Waals surface area (Å²) in [5, 5.41) is 2.20. The highest BCUT2D eigenvalue weighted by Gasteiger charge is 2.23. The van der Waals surface area contributed by atoms with Crippen LogP contribution in [0.15, 0.2) is 39.5 Å². The van der Waals surface area contributed by atoms with Gasteiger partial charge in [0.1, 0.15) is 0 Å². The highest BCUT2D eigenvalue weighted by atomic mass is 79.9. The van der Waals surface area contributed by atoms with Crippen molar-refractivity contribution in [1.82, 2.24) is 4.90 Å². The lowest BCUT2D eigenvalue weighted by Crippen LogP contribution is -2.38. The fourth-order valence-electron chi connectivity index (χ4n) is 2.63. The SMILES string of the molecule is CCC(N)C(c1ccc(C)cc1)N(C)Cc1csc(Br)c1. The van der Waals surface area contributed by atoms with Crippen molar-refractivity contribution in [2.45, 2.75) is 38.9 Å². The first-order valence-electron chi connectivity index (χ1n) is 7.26. The first-order valence-corrected chi connectivity index (χ1v) is 8.93. The topological polar surface area (TPSA) is 29.3 Å². The van der Waals surface area contributed by atoms with Crippen molar-refractivity contribution >= 4 is 27.3 Å². The lowest BCUT2D eigenvalue weighted by molar-refractivity contribution is 0.202. The molecular weight excluding hydrogens is 344 g/mol. The van der Waals surface area contributed by atoms with E-state index in [9.17, 15) is 0 Å². The Morgan fingerprint density at radius 1 is 1.29 bits per heavy atom. The molecule has 0 saturated carbocycles. The zero-order valence-corrected chi connectivity index (χ0v) is 15.2. The molecule has 2 unspecified atom stereocenters. The fourth-order valence-corrected chi connectivity index (χ4v) is 3.83. The third-order valence-electron chi connectivity index (χ3n) is 3.82. The Morgan fingerprint density at radius 2 is 1.95 bits per heavy atom. The van der Waals surface area contributed by atoms with Gasteiger partial charge in [0.05, 0.1) is 3.79 Å². The summed E-state index contributed by atoms with van der Waals surface area (Å²) in [6, 6.07) is 11.3. The van der Waals surface area contributed by atoms with E-state index in [1.54, 1.807) is 11.3 Å². The lowest BCUT2D eigenvalue weighted by atomic mass is 9.95. The molecule has 2 aromatic rings. The van der Waals surface area contributed by atoms with E-state index in [1.807, 2.05) is 0 Å². The number of aryl methyl sites for hydroxylation is 1. The lowest BCUT2D eigenvalue weighted by Gasteiger charge is -2.32. The molecule has 1 aromatic heterocycles. The Labute approximate surface area is 140 Å². The molecule has 0 aliphatic heterocycles. The Hall–Kier alpha value is -0.680. The first kappa shape index (κ1) is 16.7. The third kappa shape index (κ3) is 4.39. The Morgan fingerprint density at radius 3 is 2.48 bits per heavy atom. The van der Waals surface area contributed by atoms with E-state index in [0.29, 0.717) is 0 Å². The monoisotopic (exact) mass is 366 g/mol. The number of nitrogens with zero attached hydrogens (tertiary/aromatic N) is 1. The number of rotatable bonds is 6. The van der Waals surface area contributed by atoms with Gasteiger partial charge in [-0.3, -0.25) is 4.90 Å². The maximum Gasteiger partial charge on any atom is 0.0701 e. The van der Waals surface area contributed by atoms with Gasteiger partial charge in [-0.2, -0.15) is 0 Å². The zero-order chi connectivity index (χ0) is 15.4. The number of halogens is 1. The van der Waals surface area contributed by atoms with Crippen molar-refractivity contribution in [1.29, 1.82) is 0 Å². The summed E-state index contributed by atoms with van der Waals surface area (Å²) in [6.45, 7) is 5.18. The summed E-state index contributed by atoms with van der Waals surface area (Å²) in [5.74, 6) is 0. The van der Waals surface area contributed by atoms with Crippen LogP contribution in [0.25, 0.3) is 0 Å². The molecule has 2 rings (SSSR count). The quantitative estimate of drug-likeness (QED) is 0.800. The Balaban J connectivity index is 2.20. The fraction of sp³-hybridized carbons (Fsp3) is 0.412. The second-order valence-electron chi connectivity index (χ2n) is 5.60. The summed E-state index contributed by atoms with van der Waals surface area (Å²) < 4.78 is 1.18. The van der Waals surface area contributed by atoms with Crippen molar-refractivity contribution in [2.24, 2.45) is 5.73 Å². The minimum absolute atomic E-state index is 0.139. The van der Waals surface area contributed by atoms with Gasteiger partial charge in [-0.05, 0) is 58.9 Å². The van der Waals surface area contributed by atoms with Gasteiger partial charge in [0.2, 0.25) is 0 Å². The summed E-state index contributed by atoms with van der Waals surface area (Å²) in [6.07, 6.45) is 0.968. The summed E-state index contributed by atoms with van der Waals surface area (Å²) in [7, 11) is 2.16. The molecule has 1 heterocycles. The molecule has 0 fully saturated rings. The van der Waals surface area contributed by atoms with Crippen LogP contribution >= 0.6 is 27.3 Å². The van der Waals surface area contributed by atoms with Crippen molar-refractivity contribution in [3.05, 3.63) is 56.2 Å². The number of likely N-dealkylation sites (N-methyl/N-ethyl adjacent to an activating group) is 1. The Bertz CT molecular complexity index is 564. The minimum atomic E-state index is 0.139. The van der Waals surface area contributed by atoms with E-state index < -0.39 is 0 Å². The van der Waals surface area contributed by atoms with E-state index >= 15 is 0 Å². The minimum Gasteiger partial charge on any atom is -0.326 e. The van der Waals surface area contributed by atoms with Crippen LogP contribution in [-0.4, -0.2) is 18.0 Å². The standard InChI is InChI=1S/C17H23BrN2S/c1-4-15(19)17(14-7-5-12(2)6-8-14)20(3)10-13-9-16(18)21-11-13/h5-9,11,15,17H,4,10,19H2,1-3H3. The highest BCUT2D eigenvalue weighted by molar-refractivity contribution is 9.11.